The summed E-state index contributed by atoms with van der Waals surface area (Å²) in [5.41, 5.74) is 0. The fourth-order valence-corrected chi connectivity index (χ4v) is 0.680. The first-order valence-corrected chi connectivity index (χ1v) is 4.11. The van der Waals surface area contributed by atoms with Gasteiger partial charge in [0.2, 0.25) is 0 Å². The third-order valence-electron chi connectivity index (χ3n) is 0.425. The number of thiophene rings is 1. The molecule has 1 N–H and O–H groups in total. The summed E-state index contributed by atoms with van der Waals surface area (Å²) in [6, 6.07) is 4.04. The molecule has 9 heavy (non-hydrogen) atoms. The van der Waals surface area contributed by atoms with Crippen molar-refractivity contribution in [1.82, 2.24) is 0 Å². The van der Waals surface area contributed by atoms with Crippen LogP contribution in [0.3, 0.4) is 0 Å². The fourth-order valence-electron chi connectivity index (χ4n) is 0.227. The van der Waals surface area contributed by atoms with Gasteiger partial charge >= 0.3 is 0 Å². The zero-order chi connectivity index (χ0) is 7.11. The molecule has 0 aromatic carbocycles. The van der Waals surface area contributed by atoms with Gasteiger partial charge in [-0.1, -0.05) is 12.1 Å². The van der Waals surface area contributed by atoms with Gasteiger partial charge in [-0.2, -0.15) is 11.3 Å². The van der Waals surface area contributed by atoms with Crippen molar-refractivity contribution in [2.45, 2.75) is 0 Å². The van der Waals surface area contributed by atoms with E-state index in [2.05, 4.69) is 0 Å². The molecular weight excluding hydrogens is 160 g/mol. The molecule has 0 aliphatic carbocycles. The first-order valence-electron chi connectivity index (χ1n) is 2.04. The van der Waals surface area contributed by atoms with Crippen LogP contribution in [0, 0.1) is 0 Å². The summed E-state index contributed by atoms with van der Waals surface area (Å²) in [5.74, 6) is 0. The van der Waals surface area contributed by atoms with Crippen LogP contribution in [0.2, 0.25) is 0 Å². The molecule has 1 rings (SSSR count). The van der Waals surface area contributed by atoms with E-state index in [4.69, 9.17) is 13.0 Å². The SMILES string of the molecule is O=[SH](=O)O.c1ccsc1. The third kappa shape index (κ3) is 11.3. The van der Waals surface area contributed by atoms with Crippen molar-refractivity contribution in [3.8, 4) is 0 Å². The second-order valence-electron chi connectivity index (χ2n) is 1.03. The predicted molar refractivity (Wildman–Crippen MR) is 37.3 cm³/mol. The van der Waals surface area contributed by atoms with E-state index in [1.165, 1.54) is 0 Å². The van der Waals surface area contributed by atoms with Crippen molar-refractivity contribution in [2.24, 2.45) is 0 Å². The van der Waals surface area contributed by atoms with Crippen LogP contribution >= 0.6 is 11.3 Å². The molecule has 1 heterocycles. The molecule has 3 nitrogen and oxygen atoms in total. The van der Waals surface area contributed by atoms with Gasteiger partial charge < -0.3 is 0 Å². The number of thiol groups is 1. The van der Waals surface area contributed by atoms with Crippen LogP contribution in [0.4, 0.5) is 0 Å². The van der Waals surface area contributed by atoms with Gasteiger partial charge in [-0.15, -0.1) is 0 Å². The minimum atomic E-state index is -3.12. The summed E-state index contributed by atoms with van der Waals surface area (Å²) in [4.78, 5) is 0. The van der Waals surface area contributed by atoms with E-state index < -0.39 is 11.0 Å². The zero-order valence-corrected chi connectivity index (χ0v) is 6.14. The van der Waals surface area contributed by atoms with E-state index in [9.17, 15) is 0 Å². The second-order valence-corrected chi connectivity index (χ2v) is 2.32. The van der Waals surface area contributed by atoms with E-state index >= 15 is 0 Å². The Labute approximate surface area is 58.7 Å². The number of hydrogen-bond acceptors (Lipinski definition) is 3. The van der Waals surface area contributed by atoms with Gasteiger partial charge in [-0.3, -0.25) is 4.55 Å². The van der Waals surface area contributed by atoms with Crippen molar-refractivity contribution in [1.29, 1.82) is 0 Å². The van der Waals surface area contributed by atoms with Gasteiger partial charge in [0.15, 0.2) is 0 Å². The van der Waals surface area contributed by atoms with E-state index in [1.54, 1.807) is 11.3 Å². The number of rotatable bonds is 0. The molecule has 0 aliphatic heterocycles. The Bertz CT molecular complexity index is 164. The van der Waals surface area contributed by atoms with Gasteiger partial charge in [-0.25, -0.2) is 8.42 Å². The van der Waals surface area contributed by atoms with E-state index in [1.807, 2.05) is 22.9 Å². The van der Waals surface area contributed by atoms with Crippen molar-refractivity contribution < 1.29 is 13.0 Å². The standard InChI is InChI=1S/C4H4S.H2O3S/c1-2-4-5-3-1;1-4(2)3/h1-4H;4H,(H,1,2,3). The van der Waals surface area contributed by atoms with Gasteiger partial charge in [0.05, 0.1) is 0 Å². The molecule has 0 atom stereocenters. The molecule has 0 radical (unpaired) electrons. The molecular formula is C4H6O3S2. The van der Waals surface area contributed by atoms with Crippen molar-refractivity contribution in [3.63, 3.8) is 0 Å². The Hall–Kier alpha value is -0.390. The Morgan fingerprint density at radius 2 is 1.56 bits per heavy atom. The van der Waals surface area contributed by atoms with Crippen LogP contribution in [-0.2, 0) is 11.0 Å². The third-order valence-corrected chi connectivity index (χ3v) is 1.05. The van der Waals surface area contributed by atoms with E-state index in [0.29, 0.717) is 0 Å². The minimum absolute atomic E-state index is 1.71. The maximum absolute atomic E-state index is 8.59. The molecule has 0 aliphatic rings. The smallest absolute Gasteiger partial charge is 0.254 e. The molecule has 52 valence electrons. The molecule has 0 unspecified atom stereocenters. The lowest BCUT2D eigenvalue weighted by atomic mass is 10.7. The van der Waals surface area contributed by atoms with Gasteiger partial charge in [0.25, 0.3) is 11.0 Å². The van der Waals surface area contributed by atoms with E-state index in [0.717, 1.165) is 0 Å². The summed E-state index contributed by atoms with van der Waals surface area (Å²) in [7, 11) is -3.12. The van der Waals surface area contributed by atoms with Crippen LogP contribution in [0.25, 0.3) is 0 Å². The Morgan fingerprint density at radius 1 is 1.22 bits per heavy atom. The summed E-state index contributed by atoms with van der Waals surface area (Å²) >= 11 is 1.71. The Kier molecular flexibility index (Phi) is 5.49. The lowest BCUT2D eigenvalue weighted by molar-refractivity contribution is 0.509. The van der Waals surface area contributed by atoms with Crippen LogP contribution < -0.4 is 0 Å². The molecule has 0 saturated heterocycles. The fraction of sp³-hybridized carbons (Fsp3) is 0. The van der Waals surface area contributed by atoms with Crippen LogP contribution in [-0.4, -0.2) is 13.0 Å². The molecule has 0 spiro atoms. The lowest BCUT2D eigenvalue weighted by Crippen LogP contribution is -1.58. The lowest BCUT2D eigenvalue weighted by Gasteiger charge is -1.43. The largest absolute Gasteiger partial charge is 0.288 e. The molecule has 0 saturated carbocycles. The number of hydrogen-bond donors (Lipinski definition) is 2. The maximum atomic E-state index is 8.59. The molecule has 0 fully saturated rings. The summed E-state index contributed by atoms with van der Waals surface area (Å²) in [5, 5.41) is 4.08. The quantitative estimate of drug-likeness (QED) is 0.443. The van der Waals surface area contributed by atoms with Gasteiger partial charge in [-0.05, 0) is 10.8 Å². The Balaban J connectivity index is 0.000000148. The zero-order valence-electron chi connectivity index (χ0n) is 4.43. The molecule has 0 bridgehead atoms. The van der Waals surface area contributed by atoms with Crippen LogP contribution in [0.1, 0.15) is 0 Å². The van der Waals surface area contributed by atoms with Crippen molar-refractivity contribution >= 4 is 22.3 Å². The van der Waals surface area contributed by atoms with Gasteiger partial charge in [0, 0.05) is 0 Å². The first-order chi connectivity index (χ1) is 4.23. The van der Waals surface area contributed by atoms with Crippen molar-refractivity contribution in [3.05, 3.63) is 22.9 Å². The first kappa shape index (κ1) is 8.61. The summed E-state index contributed by atoms with van der Waals surface area (Å²) in [6.45, 7) is 0. The summed E-state index contributed by atoms with van der Waals surface area (Å²) in [6.07, 6.45) is 0. The van der Waals surface area contributed by atoms with Gasteiger partial charge in [0.1, 0.15) is 0 Å². The maximum Gasteiger partial charge on any atom is 0.254 e. The molecule has 1 aromatic heterocycles. The predicted octanol–water partition coefficient (Wildman–Crippen LogP) is 0.819. The summed E-state index contributed by atoms with van der Waals surface area (Å²) < 4.78 is 24.2. The van der Waals surface area contributed by atoms with Crippen LogP contribution in [0.15, 0.2) is 22.9 Å². The average molecular weight is 166 g/mol. The monoisotopic (exact) mass is 166 g/mol. The molecule has 1 aromatic rings. The highest BCUT2D eigenvalue weighted by atomic mass is 32.2. The Morgan fingerprint density at radius 3 is 1.67 bits per heavy atom. The highest BCUT2D eigenvalue weighted by Crippen LogP contribution is 1.91. The van der Waals surface area contributed by atoms with E-state index in [-0.39, 0.29) is 0 Å². The topological polar surface area (TPSA) is 54.4 Å². The highest BCUT2D eigenvalue weighted by Gasteiger charge is 1.58. The van der Waals surface area contributed by atoms with Crippen LogP contribution in [0.5, 0.6) is 0 Å². The minimum Gasteiger partial charge on any atom is -0.288 e. The van der Waals surface area contributed by atoms with Crippen molar-refractivity contribution in [2.75, 3.05) is 0 Å². The highest BCUT2D eigenvalue weighted by molar-refractivity contribution is 7.66. The molecule has 5 heteroatoms. The molecule has 0 amide bonds. The normalized spacial score (nSPS) is 8.22. The second kappa shape index (κ2) is 5.74. The average Bonchev–Trinajstić information content (AvgIpc) is 2.11.